The molecule has 0 amide bonds. The fraction of sp³-hybridized carbons (Fsp3) is 0.500. The Morgan fingerprint density at radius 1 is 1.29 bits per heavy atom. The average molecular weight is 194 g/mol. The molecule has 0 fully saturated rings. The van der Waals surface area contributed by atoms with E-state index in [0.29, 0.717) is 5.92 Å². The Hall–Kier alpha value is -1.18. The Morgan fingerprint density at radius 2 is 2.00 bits per heavy atom. The fourth-order valence-electron chi connectivity index (χ4n) is 1.38. The van der Waals surface area contributed by atoms with Crippen LogP contribution in [0.3, 0.4) is 0 Å². The first-order valence-corrected chi connectivity index (χ1v) is 5.14. The van der Waals surface area contributed by atoms with Crippen LogP contribution in [0.1, 0.15) is 32.3 Å². The summed E-state index contributed by atoms with van der Waals surface area (Å²) in [5.41, 5.74) is 0.838. The quantitative estimate of drug-likeness (QED) is 0.723. The number of aryl methyl sites for hydroxylation is 1. The maximum atomic E-state index is 9.51. The Bertz CT molecular complexity index is 294. The highest BCUT2D eigenvalue weighted by atomic mass is 16.3. The van der Waals surface area contributed by atoms with E-state index in [9.17, 15) is 10.2 Å². The van der Waals surface area contributed by atoms with Crippen molar-refractivity contribution in [2.24, 2.45) is 5.92 Å². The molecular weight excluding hydrogens is 176 g/mol. The highest BCUT2D eigenvalue weighted by Gasteiger charge is 2.05. The number of phenolic OH excluding ortho intramolecular Hbond substituents is 2. The normalized spacial score (nSPS) is 12.7. The van der Waals surface area contributed by atoms with Crippen LogP contribution in [-0.4, -0.2) is 10.2 Å². The van der Waals surface area contributed by atoms with E-state index in [0.717, 1.165) is 24.8 Å². The van der Waals surface area contributed by atoms with Crippen molar-refractivity contribution >= 4 is 0 Å². The van der Waals surface area contributed by atoms with Gasteiger partial charge in [0.25, 0.3) is 0 Å². The Labute approximate surface area is 85.2 Å². The predicted octanol–water partition coefficient (Wildman–Crippen LogP) is 3.08. The summed E-state index contributed by atoms with van der Waals surface area (Å²) in [6, 6.07) is 4.68. The van der Waals surface area contributed by atoms with E-state index >= 15 is 0 Å². The second-order valence-corrected chi connectivity index (χ2v) is 3.87. The average Bonchev–Trinajstić information content (AvgIpc) is 2.19. The van der Waals surface area contributed by atoms with Gasteiger partial charge in [-0.05, 0) is 42.5 Å². The zero-order valence-corrected chi connectivity index (χ0v) is 8.83. The molecule has 0 aliphatic rings. The number of aromatic hydroxyl groups is 2. The van der Waals surface area contributed by atoms with Crippen molar-refractivity contribution in [2.45, 2.75) is 33.1 Å². The van der Waals surface area contributed by atoms with E-state index in [1.165, 1.54) is 6.07 Å². The van der Waals surface area contributed by atoms with Gasteiger partial charge in [0.2, 0.25) is 0 Å². The van der Waals surface area contributed by atoms with E-state index in [1.807, 2.05) is 0 Å². The Balaban J connectivity index is 2.62. The summed E-state index contributed by atoms with van der Waals surface area (Å²) in [6.45, 7) is 4.35. The molecule has 0 saturated heterocycles. The van der Waals surface area contributed by atoms with Crippen molar-refractivity contribution in [3.05, 3.63) is 23.8 Å². The summed E-state index contributed by atoms with van der Waals surface area (Å²) in [6.07, 6.45) is 3.03. The highest BCUT2D eigenvalue weighted by molar-refractivity contribution is 5.38. The summed E-state index contributed by atoms with van der Waals surface area (Å²) in [5.74, 6) is 1.17. The Morgan fingerprint density at radius 3 is 2.64 bits per heavy atom. The molecule has 0 bridgehead atoms. The fourth-order valence-corrected chi connectivity index (χ4v) is 1.38. The SMILES string of the molecule is CCC(C)CCc1cc(O)ccc1O. The van der Waals surface area contributed by atoms with Gasteiger partial charge in [0.1, 0.15) is 11.5 Å². The van der Waals surface area contributed by atoms with Gasteiger partial charge in [-0.3, -0.25) is 0 Å². The van der Waals surface area contributed by atoms with Crippen molar-refractivity contribution in [1.82, 2.24) is 0 Å². The molecule has 0 aliphatic heterocycles. The second-order valence-electron chi connectivity index (χ2n) is 3.87. The minimum absolute atomic E-state index is 0.224. The largest absolute Gasteiger partial charge is 0.508 e. The molecule has 0 spiro atoms. The molecule has 0 heterocycles. The van der Waals surface area contributed by atoms with Crippen LogP contribution in [-0.2, 0) is 6.42 Å². The van der Waals surface area contributed by atoms with Crippen molar-refractivity contribution in [1.29, 1.82) is 0 Å². The van der Waals surface area contributed by atoms with Gasteiger partial charge in [0.05, 0.1) is 0 Å². The zero-order valence-electron chi connectivity index (χ0n) is 8.83. The summed E-state index contributed by atoms with van der Waals surface area (Å²) < 4.78 is 0. The molecule has 14 heavy (non-hydrogen) atoms. The summed E-state index contributed by atoms with van der Waals surface area (Å²) in [7, 11) is 0. The van der Waals surface area contributed by atoms with Gasteiger partial charge in [-0.1, -0.05) is 20.3 Å². The molecule has 2 heteroatoms. The highest BCUT2D eigenvalue weighted by Crippen LogP contribution is 2.24. The molecule has 0 saturated carbocycles. The maximum Gasteiger partial charge on any atom is 0.119 e. The van der Waals surface area contributed by atoms with E-state index in [1.54, 1.807) is 12.1 Å². The maximum absolute atomic E-state index is 9.51. The molecule has 1 unspecified atom stereocenters. The van der Waals surface area contributed by atoms with Crippen LogP contribution in [0.25, 0.3) is 0 Å². The van der Waals surface area contributed by atoms with Crippen LogP contribution in [0.2, 0.25) is 0 Å². The molecule has 1 rings (SSSR count). The number of rotatable bonds is 4. The van der Waals surface area contributed by atoms with Gasteiger partial charge >= 0.3 is 0 Å². The van der Waals surface area contributed by atoms with Gasteiger partial charge in [0.15, 0.2) is 0 Å². The number of phenols is 2. The smallest absolute Gasteiger partial charge is 0.119 e. The molecular formula is C12H18O2. The molecule has 2 nitrogen and oxygen atoms in total. The number of hydrogen-bond donors (Lipinski definition) is 2. The molecule has 1 aromatic carbocycles. The number of hydrogen-bond acceptors (Lipinski definition) is 2. The van der Waals surface area contributed by atoms with Gasteiger partial charge < -0.3 is 10.2 Å². The van der Waals surface area contributed by atoms with Crippen LogP contribution < -0.4 is 0 Å². The molecule has 78 valence electrons. The van der Waals surface area contributed by atoms with E-state index in [2.05, 4.69) is 13.8 Å². The third-order valence-corrected chi connectivity index (χ3v) is 2.67. The zero-order chi connectivity index (χ0) is 10.6. The van der Waals surface area contributed by atoms with Crippen molar-refractivity contribution < 1.29 is 10.2 Å². The first-order valence-electron chi connectivity index (χ1n) is 5.14. The second kappa shape index (κ2) is 4.89. The third-order valence-electron chi connectivity index (χ3n) is 2.67. The van der Waals surface area contributed by atoms with Crippen molar-refractivity contribution in [3.63, 3.8) is 0 Å². The lowest BCUT2D eigenvalue weighted by atomic mass is 9.98. The van der Waals surface area contributed by atoms with Crippen LogP contribution in [0, 0.1) is 5.92 Å². The van der Waals surface area contributed by atoms with Gasteiger partial charge in [0, 0.05) is 0 Å². The summed E-state index contributed by atoms with van der Waals surface area (Å²) in [4.78, 5) is 0. The van der Waals surface area contributed by atoms with Crippen LogP contribution in [0.5, 0.6) is 11.5 Å². The minimum atomic E-state index is 0.224. The Kier molecular flexibility index (Phi) is 3.81. The van der Waals surface area contributed by atoms with Gasteiger partial charge in [-0.25, -0.2) is 0 Å². The first-order chi connectivity index (χ1) is 6.63. The molecule has 0 radical (unpaired) electrons. The van der Waals surface area contributed by atoms with Crippen molar-refractivity contribution in [2.75, 3.05) is 0 Å². The van der Waals surface area contributed by atoms with Crippen LogP contribution in [0.15, 0.2) is 18.2 Å². The van der Waals surface area contributed by atoms with Gasteiger partial charge in [-0.2, -0.15) is 0 Å². The van der Waals surface area contributed by atoms with Crippen LogP contribution in [0.4, 0.5) is 0 Å². The molecule has 0 aromatic heterocycles. The molecule has 0 aliphatic carbocycles. The van der Waals surface area contributed by atoms with Crippen LogP contribution >= 0.6 is 0 Å². The predicted molar refractivity (Wildman–Crippen MR) is 57.5 cm³/mol. The number of benzene rings is 1. The molecule has 1 atom stereocenters. The minimum Gasteiger partial charge on any atom is -0.508 e. The van der Waals surface area contributed by atoms with Crippen molar-refractivity contribution in [3.8, 4) is 11.5 Å². The van der Waals surface area contributed by atoms with E-state index in [-0.39, 0.29) is 11.5 Å². The monoisotopic (exact) mass is 194 g/mol. The van der Waals surface area contributed by atoms with E-state index < -0.39 is 0 Å². The topological polar surface area (TPSA) is 40.5 Å². The van der Waals surface area contributed by atoms with E-state index in [4.69, 9.17) is 0 Å². The van der Waals surface area contributed by atoms with Gasteiger partial charge in [-0.15, -0.1) is 0 Å². The first kappa shape index (κ1) is 10.9. The standard InChI is InChI=1S/C12H18O2/c1-3-9(2)4-5-10-8-11(13)6-7-12(10)14/h6-9,13-14H,3-5H2,1-2H3. The molecule has 2 N–H and O–H groups in total. The summed E-state index contributed by atoms with van der Waals surface area (Å²) in [5, 5.41) is 18.8. The summed E-state index contributed by atoms with van der Waals surface area (Å²) >= 11 is 0. The lowest BCUT2D eigenvalue weighted by Gasteiger charge is -2.09. The lowest BCUT2D eigenvalue weighted by Crippen LogP contribution is -1.95. The molecule has 1 aromatic rings. The third kappa shape index (κ3) is 2.95. The lowest BCUT2D eigenvalue weighted by molar-refractivity contribution is 0.447.